The van der Waals surface area contributed by atoms with Gasteiger partial charge in [0.1, 0.15) is 0 Å². The van der Waals surface area contributed by atoms with Crippen molar-refractivity contribution in [2.75, 3.05) is 13.1 Å². The lowest BCUT2D eigenvalue weighted by atomic mass is 9.86. The Labute approximate surface area is 101 Å². The van der Waals surface area contributed by atoms with Crippen LogP contribution in [0.5, 0.6) is 0 Å². The minimum Gasteiger partial charge on any atom is -0.393 e. The summed E-state index contributed by atoms with van der Waals surface area (Å²) < 4.78 is 0. The van der Waals surface area contributed by atoms with Crippen LogP contribution in [0.3, 0.4) is 0 Å². The van der Waals surface area contributed by atoms with Gasteiger partial charge in [0.25, 0.3) is 0 Å². The minimum atomic E-state index is -0.128. The van der Waals surface area contributed by atoms with Gasteiger partial charge in [-0.05, 0) is 57.9 Å². The van der Waals surface area contributed by atoms with Gasteiger partial charge in [-0.15, -0.1) is 0 Å². The van der Waals surface area contributed by atoms with Crippen LogP contribution < -0.4 is 0 Å². The first kappa shape index (κ1) is 14.0. The van der Waals surface area contributed by atoms with Crippen LogP contribution in [-0.2, 0) is 0 Å². The maximum atomic E-state index is 9.21. The molecule has 16 heavy (non-hydrogen) atoms. The number of rotatable bonds is 5. The number of aliphatic hydroxyl groups excluding tert-OH is 1. The van der Waals surface area contributed by atoms with E-state index < -0.39 is 0 Å². The molecular weight excluding hydrogens is 198 g/mol. The molecule has 0 aliphatic carbocycles. The Balaban J connectivity index is 2.24. The molecule has 2 nitrogen and oxygen atoms in total. The van der Waals surface area contributed by atoms with Gasteiger partial charge < -0.3 is 10.0 Å². The van der Waals surface area contributed by atoms with Crippen LogP contribution in [0.2, 0.25) is 0 Å². The van der Waals surface area contributed by atoms with Crippen LogP contribution in [0.25, 0.3) is 0 Å². The Morgan fingerprint density at radius 2 is 1.94 bits per heavy atom. The number of likely N-dealkylation sites (tertiary alicyclic amines) is 1. The van der Waals surface area contributed by atoms with Crippen LogP contribution in [0, 0.1) is 11.8 Å². The topological polar surface area (TPSA) is 23.5 Å². The van der Waals surface area contributed by atoms with Crippen LogP contribution in [0.1, 0.15) is 53.4 Å². The van der Waals surface area contributed by atoms with Crippen LogP contribution >= 0.6 is 0 Å². The summed E-state index contributed by atoms with van der Waals surface area (Å²) in [6.45, 7) is 11.5. The van der Waals surface area contributed by atoms with Crippen molar-refractivity contribution in [1.29, 1.82) is 0 Å². The zero-order valence-corrected chi connectivity index (χ0v) is 11.4. The van der Waals surface area contributed by atoms with Crippen LogP contribution in [-0.4, -0.2) is 35.2 Å². The molecule has 0 amide bonds. The van der Waals surface area contributed by atoms with E-state index in [1.807, 2.05) is 6.92 Å². The summed E-state index contributed by atoms with van der Waals surface area (Å²) in [7, 11) is 0. The lowest BCUT2D eigenvalue weighted by Crippen LogP contribution is -2.46. The Hall–Kier alpha value is -0.0800. The molecule has 1 aliphatic rings. The third-order valence-electron chi connectivity index (χ3n) is 4.04. The second-order valence-electron chi connectivity index (χ2n) is 5.90. The monoisotopic (exact) mass is 227 g/mol. The third kappa shape index (κ3) is 4.42. The summed E-state index contributed by atoms with van der Waals surface area (Å²) >= 11 is 0. The second-order valence-corrected chi connectivity index (χ2v) is 5.90. The summed E-state index contributed by atoms with van der Waals surface area (Å²) in [5.74, 6) is 1.68. The number of aliphatic hydroxyl groups is 1. The molecule has 1 aliphatic heterocycles. The Kier molecular flexibility index (Phi) is 5.77. The number of unbranched alkanes of at least 4 members (excludes halogenated alkanes) is 1. The Morgan fingerprint density at radius 3 is 2.56 bits per heavy atom. The van der Waals surface area contributed by atoms with Crippen molar-refractivity contribution < 1.29 is 5.11 Å². The molecular formula is C14H29NO. The van der Waals surface area contributed by atoms with Crippen LogP contribution in [0.15, 0.2) is 0 Å². The van der Waals surface area contributed by atoms with Crippen molar-refractivity contribution in [2.45, 2.75) is 65.5 Å². The van der Waals surface area contributed by atoms with Gasteiger partial charge in [0, 0.05) is 12.6 Å². The van der Waals surface area contributed by atoms with Gasteiger partial charge in [0.05, 0.1) is 6.10 Å². The molecule has 0 spiro atoms. The normalized spacial score (nSPS) is 33.9. The van der Waals surface area contributed by atoms with Crippen molar-refractivity contribution >= 4 is 0 Å². The van der Waals surface area contributed by atoms with E-state index in [0.29, 0.717) is 0 Å². The molecule has 4 atom stereocenters. The van der Waals surface area contributed by atoms with E-state index in [1.165, 1.54) is 25.9 Å². The van der Waals surface area contributed by atoms with E-state index >= 15 is 0 Å². The van der Waals surface area contributed by atoms with E-state index in [2.05, 4.69) is 25.7 Å². The maximum absolute atomic E-state index is 9.21. The predicted octanol–water partition coefficient (Wildman–Crippen LogP) is 2.90. The van der Waals surface area contributed by atoms with Gasteiger partial charge in [0.15, 0.2) is 0 Å². The molecule has 0 bridgehead atoms. The van der Waals surface area contributed by atoms with Crippen molar-refractivity contribution in [2.24, 2.45) is 11.8 Å². The highest BCUT2D eigenvalue weighted by Crippen LogP contribution is 2.26. The molecule has 2 heteroatoms. The van der Waals surface area contributed by atoms with Gasteiger partial charge in [-0.2, -0.15) is 0 Å². The average Bonchev–Trinajstić information content (AvgIpc) is 2.19. The van der Waals surface area contributed by atoms with Crippen molar-refractivity contribution in [3.63, 3.8) is 0 Å². The quantitative estimate of drug-likeness (QED) is 0.730. The summed E-state index contributed by atoms with van der Waals surface area (Å²) in [6, 6.07) is 0.739. The smallest absolute Gasteiger partial charge is 0.0512 e. The standard InChI is InChI=1S/C14H29NO/c1-11-9-12(2)14(4)15(10-11)8-6-5-7-13(3)16/h11-14,16H,5-10H2,1-4H3. The highest BCUT2D eigenvalue weighted by atomic mass is 16.3. The average molecular weight is 227 g/mol. The second kappa shape index (κ2) is 6.61. The van der Waals surface area contributed by atoms with Crippen molar-refractivity contribution in [3.8, 4) is 0 Å². The van der Waals surface area contributed by atoms with Gasteiger partial charge in [0.2, 0.25) is 0 Å². The van der Waals surface area contributed by atoms with E-state index in [-0.39, 0.29) is 6.10 Å². The van der Waals surface area contributed by atoms with Crippen molar-refractivity contribution in [3.05, 3.63) is 0 Å². The zero-order chi connectivity index (χ0) is 12.1. The van der Waals surface area contributed by atoms with Gasteiger partial charge in [-0.25, -0.2) is 0 Å². The number of nitrogens with zero attached hydrogens (tertiary/aromatic N) is 1. The first-order valence-electron chi connectivity index (χ1n) is 6.92. The molecule has 1 fully saturated rings. The molecule has 0 radical (unpaired) electrons. The fraction of sp³-hybridized carbons (Fsp3) is 1.00. The lowest BCUT2D eigenvalue weighted by molar-refractivity contribution is 0.0766. The molecule has 4 unspecified atom stereocenters. The summed E-state index contributed by atoms with van der Waals surface area (Å²) in [4.78, 5) is 2.64. The Bertz CT molecular complexity index is 193. The van der Waals surface area contributed by atoms with Crippen molar-refractivity contribution in [1.82, 2.24) is 4.90 Å². The number of piperidine rings is 1. The predicted molar refractivity (Wildman–Crippen MR) is 69.5 cm³/mol. The zero-order valence-electron chi connectivity index (χ0n) is 11.4. The van der Waals surface area contributed by atoms with E-state index in [9.17, 15) is 5.11 Å². The number of hydrogen-bond donors (Lipinski definition) is 1. The summed E-state index contributed by atoms with van der Waals surface area (Å²) in [6.07, 6.45) is 4.59. The van der Waals surface area contributed by atoms with E-state index in [1.54, 1.807) is 0 Å². The van der Waals surface area contributed by atoms with E-state index in [4.69, 9.17) is 0 Å². The molecule has 1 N–H and O–H groups in total. The molecule has 0 saturated carbocycles. The minimum absolute atomic E-state index is 0.128. The summed E-state index contributed by atoms with van der Waals surface area (Å²) in [5.41, 5.74) is 0. The van der Waals surface area contributed by atoms with Gasteiger partial charge in [-0.3, -0.25) is 0 Å². The molecule has 0 aromatic heterocycles. The largest absolute Gasteiger partial charge is 0.393 e. The third-order valence-corrected chi connectivity index (χ3v) is 4.04. The lowest BCUT2D eigenvalue weighted by Gasteiger charge is -2.41. The van der Waals surface area contributed by atoms with Gasteiger partial charge in [-0.1, -0.05) is 13.8 Å². The fourth-order valence-corrected chi connectivity index (χ4v) is 2.88. The molecule has 0 aromatic carbocycles. The molecule has 1 saturated heterocycles. The molecule has 1 heterocycles. The molecule has 1 rings (SSSR count). The first-order chi connectivity index (χ1) is 7.50. The highest BCUT2D eigenvalue weighted by Gasteiger charge is 2.27. The highest BCUT2D eigenvalue weighted by molar-refractivity contribution is 4.81. The Morgan fingerprint density at radius 1 is 1.25 bits per heavy atom. The SMILES string of the molecule is CC(O)CCCCN1CC(C)CC(C)C1C. The fourth-order valence-electron chi connectivity index (χ4n) is 2.88. The number of hydrogen-bond acceptors (Lipinski definition) is 2. The van der Waals surface area contributed by atoms with Gasteiger partial charge >= 0.3 is 0 Å². The summed E-state index contributed by atoms with van der Waals surface area (Å²) in [5, 5.41) is 9.21. The molecule has 0 aromatic rings. The molecule has 96 valence electrons. The first-order valence-corrected chi connectivity index (χ1v) is 6.92. The van der Waals surface area contributed by atoms with Crippen LogP contribution in [0.4, 0.5) is 0 Å². The maximum Gasteiger partial charge on any atom is 0.0512 e. The van der Waals surface area contributed by atoms with E-state index in [0.717, 1.165) is 30.7 Å².